The first-order valence-electron chi connectivity index (χ1n) is 19.2. The fourth-order valence-electron chi connectivity index (χ4n) is 6.26. The number of benzene rings is 5. The number of carbonyl (C=O) groups excluding carboxylic acids is 5. The number of aryl methyl sites for hydroxylation is 11. The summed E-state index contributed by atoms with van der Waals surface area (Å²) in [5.74, 6) is 0.612. The molecule has 0 aliphatic rings. The highest BCUT2D eigenvalue weighted by Gasteiger charge is 2.16. The Morgan fingerprint density at radius 1 is 0.531 bits per heavy atom. The van der Waals surface area contributed by atoms with E-state index in [0.29, 0.717) is 33.4 Å². The first-order chi connectivity index (χ1) is 30.2. The maximum absolute atomic E-state index is 10.6. The van der Waals surface area contributed by atoms with E-state index < -0.39 is 4.92 Å². The summed E-state index contributed by atoms with van der Waals surface area (Å²) in [4.78, 5) is 78.3. The van der Waals surface area contributed by atoms with E-state index in [-0.39, 0.29) is 11.4 Å². The van der Waals surface area contributed by atoms with Crippen LogP contribution in [0.15, 0.2) is 90.1 Å². The number of hydrogen-bond acceptors (Lipinski definition) is 13. The molecule has 0 bridgehead atoms. The van der Waals surface area contributed by atoms with Gasteiger partial charge in [-0.2, -0.15) is 25.0 Å². The third-order valence-electron chi connectivity index (χ3n) is 8.91. The number of rotatable bonds is 8. The van der Waals surface area contributed by atoms with Crippen molar-refractivity contribution in [3.05, 3.63) is 141 Å². The second-order valence-electron chi connectivity index (χ2n) is 14.1. The molecule has 0 N–H and O–H groups in total. The van der Waals surface area contributed by atoms with Gasteiger partial charge in [0.15, 0.2) is 5.69 Å². The zero-order valence-corrected chi connectivity index (χ0v) is 40.0. The van der Waals surface area contributed by atoms with E-state index in [1.807, 2.05) is 79.7 Å². The van der Waals surface area contributed by atoms with Crippen molar-refractivity contribution in [2.75, 3.05) is 7.11 Å². The summed E-state index contributed by atoms with van der Waals surface area (Å²) in [5.41, 5.74) is 13.1. The molecule has 0 atom stereocenters. The van der Waals surface area contributed by atoms with Gasteiger partial charge in [-0.3, -0.25) is 10.1 Å². The van der Waals surface area contributed by atoms with Crippen molar-refractivity contribution in [1.29, 1.82) is 0 Å². The van der Waals surface area contributed by atoms with E-state index in [1.54, 1.807) is 51.3 Å². The molecule has 5 aromatic carbocycles. The second kappa shape index (κ2) is 27.8. The largest absolute Gasteiger partial charge is 0.494 e. The van der Waals surface area contributed by atoms with E-state index in [9.17, 15) is 34.1 Å². The zero-order chi connectivity index (χ0) is 48.7. The minimum atomic E-state index is -0.559. The van der Waals surface area contributed by atoms with E-state index in [2.05, 4.69) is 59.9 Å². The fourth-order valence-corrected chi connectivity index (χ4v) is 7.27. The molecule has 0 saturated heterocycles. The first-order valence-corrected chi connectivity index (χ1v) is 20.3. The number of isocyanates is 5. The SMILES string of the molecule is CCc1cc(C)c(N=C=O)c(C)c1.COc1cc(C)cc(C)c1N=C=O.Cc1cc(Br)cc(C)c1N=C=O.Cc1cc(C)c(N=C=O)c([N+](=O)[O-])c1.Cc1cc(Cl)cc(C)c1N=C=O. The highest BCUT2D eigenvalue weighted by molar-refractivity contribution is 9.10. The molecule has 0 aliphatic heterocycles. The molecule has 64 heavy (non-hydrogen) atoms. The van der Waals surface area contributed by atoms with Gasteiger partial charge in [0.25, 0.3) is 5.69 Å². The Balaban J connectivity index is 0.000000400. The van der Waals surface area contributed by atoms with E-state index in [4.69, 9.17) is 16.3 Å². The number of methoxy groups -OCH3 is 1. The Bertz CT molecular complexity index is 2600. The summed E-state index contributed by atoms with van der Waals surface area (Å²) in [6.45, 7) is 20.8. The summed E-state index contributed by atoms with van der Waals surface area (Å²) in [6.07, 6.45) is 8.47. The summed E-state index contributed by atoms with van der Waals surface area (Å²) in [7, 11) is 1.55. The highest BCUT2D eigenvalue weighted by atomic mass is 79.9. The quantitative estimate of drug-likeness (QED) is 0.0633. The van der Waals surface area contributed by atoms with Crippen molar-refractivity contribution in [3.63, 3.8) is 0 Å². The molecule has 0 saturated carbocycles. The van der Waals surface area contributed by atoms with Crippen LogP contribution in [0, 0.1) is 79.4 Å². The third kappa shape index (κ3) is 17.4. The standard InChI is InChI=1S/C11H13NO.C10H11NO2.C9H8BrNO.C9H8ClNO.C9H8N2O3/c1-4-10-5-8(2)11(12-7-13)9(3)6-10;1-7-4-8(2)10(11-6-12)9(5-7)13-3;2*1-6-3-8(10)4-7(2)9(6)11-5-12;1-6-3-7(2)9(10-5-12)8(4-6)11(13)14/h5-6H,4H2,1-3H3;4-5H,1-3H3;2*3-4H,1-2H3;3-4H,1-2H3. The zero-order valence-electron chi connectivity index (χ0n) is 37.7. The molecule has 5 rings (SSSR count). The average Bonchev–Trinajstić information content (AvgIpc) is 3.21. The molecular formula is C48H48BrClN6O8. The van der Waals surface area contributed by atoms with Crippen molar-refractivity contribution in [3.8, 4) is 5.75 Å². The maximum atomic E-state index is 10.6. The van der Waals surface area contributed by atoms with Gasteiger partial charge >= 0.3 is 0 Å². The van der Waals surface area contributed by atoms with E-state index in [1.165, 1.54) is 29.9 Å². The lowest BCUT2D eigenvalue weighted by Crippen LogP contribution is -1.91. The molecule has 0 aromatic heterocycles. The van der Waals surface area contributed by atoms with Crippen molar-refractivity contribution in [1.82, 2.24) is 0 Å². The van der Waals surface area contributed by atoms with Crippen LogP contribution in [-0.4, -0.2) is 42.4 Å². The van der Waals surface area contributed by atoms with Crippen LogP contribution in [0.25, 0.3) is 0 Å². The van der Waals surface area contributed by atoms with Crippen LogP contribution in [0.3, 0.4) is 0 Å². The van der Waals surface area contributed by atoms with Crippen LogP contribution < -0.4 is 4.74 Å². The van der Waals surface area contributed by atoms with Crippen molar-refractivity contribution >= 4 is 92.1 Å². The Morgan fingerprint density at radius 3 is 1.23 bits per heavy atom. The topological polar surface area (TPSA) is 200 Å². The number of halogens is 2. The molecule has 14 nitrogen and oxygen atoms in total. The molecule has 0 unspecified atom stereocenters. The van der Waals surface area contributed by atoms with E-state index >= 15 is 0 Å². The predicted octanol–water partition coefficient (Wildman–Crippen LogP) is 13.2. The summed E-state index contributed by atoms with van der Waals surface area (Å²) >= 11 is 9.14. The summed E-state index contributed by atoms with van der Waals surface area (Å²) in [6, 6.07) is 18.4. The number of nitro benzene ring substituents is 1. The minimum absolute atomic E-state index is 0.0793. The average molecular weight is 952 g/mol. The number of ether oxygens (including phenoxy) is 1. The van der Waals surface area contributed by atoms with Crippen molar-refractivity contribution in [2.45, 2.75) is 82.6 Å². The van der Waals surface area contributed by atoms with Crippen LogP contribution in [0.2, 0.25) is 5.02 Å². The molecule has 0 amide bonds. The van der Waals surface area contributed by atoms with Gasteiger partial charge in [0, 0.05) is 15.6 Å². The number of aliphatic imine (C=N–C) groups is 5. The maximum Gasteiger partial charge on any atom is 0.296 e. The second-order valence-corrected chi connectivity index (χ2v) is 15.4. The van der Waals surface area contributed by atoms with Gasteiger partial charge in [0.05, 0.1) is 29.1 Å². The third-order valence-corrected chi connectivity index (χ3v) is 9.59. The van der Waals surface area contributed by atoms with Crippen LogP contribution in [0.4, 0.5) is 34.1 Å². The van der Waals surface area contributed by atoms with Gasteiger partial charge in [0.1, 0.15) is 11.4 Å². The summed E-state index contributed by atoms with van der Waals surface area (Å²) in [5, 5.41) is 11.3. The molecule has 5 aromatic rings. The number of hydrogen-bond donors (Lipinski definition) is 0. The lowest BCUT2D eigenvalue weighted by atomic mass is 10.0. The monoisotopic (exact) mass is 950 g/mol. The highest BCUT2D eigenvalue weighted by Crippen LogP contribution is 2.33. The first kappa shape index (κ1) is 55.0. The predicted molar refractivity (Wildman–Crippen MR) is 254 cm³/mol. The van der Waals surface area contributed by atoms with Crippen molar-refractivity contribution in [2.24, 2.45) is 25.0 Å². The van der Waals surface area contributed by atoms with Gasteiger partial charge in [0.2, 0.25) is 30.4 Å². The fraction of sp³-hybridized carbons (Fsp3) is 0.271. The molecule has 0 fully saturated rings. The molecular weight excluding hydrogens is 904 g/mol. The minimum Gasteiger partial charge on any atom is -0.494 e. The number of nitro groups is 1. The molecule has 0 heterocycles. The molecule has 332 valence electrons. The van der Waals surface area contributed by atoms with Gasteiger partial charge in [-0.1, -0.05) is 58.7 Å². The van der Waals surface area contributed by atoms with Gasteiger partial charge in [-0.25, -0.2) is 24.0 Å². The van der Waals surface area contributed by atoms with Gasteiger partial charge < -0.3 is 4.74 Å². The molecule has 0 spiro atoms. The molecule has 0 radical (unpaired) electrons. The molecule has 16 heteroatoms. The Hall–Kier alpha value is -7.03. The van der Waals surface area contributed by atoms with Crippen LogP contribution >= 0.6 is 27.5 Å². The summed E-state index contributed by atoms with van der Waals surface area (Å²) < 4.78 is 6.09. The lowest BCUT2D eigenvalue weighted by molar-refractivity contribution is -0.384. The number of nitrogens with zero attached hydrogens (tertiary/aromatic N) is 6. The van der Waals surface area contributed by atoms with Gasteiger partial charge in [-0.05, 0) is 167 Å². The Morgan fingerprint density at radius 2 is 0.859 bits per heavy atom. The molecule has 0 aliphatic carbocycles. The van der Waals surface area contributed by atoms with Gasteiger partial charge in [-0.15, -0.1) is 0 Å². The Kier molecular flexibility index (Phi) is 23.9. The normalized spacial score (nSPS) is 9.28. The van der Waals surface area contributed by atoms with Crippen molar-refractivity contribution < 1.29 is 33.6 Å². The van der Waals surface area contributed by atoms with Crippen LogP contribution in [-0.2, 0) is 30.4 Å². The smallest absolute Gasteiger partial charge is 0.296 e. The van der Waals surface area contributed by atoms with E-state index in [0.717, 1.165) is 66.7 Å². The van der Waals surface area contributed by atoms with Crippen LogP contribution in [0.5, 0.6) is 5.75 Å². The van der Waals surface area contributed by atoms with Crippen LogP contribution in [0.1, 0.15) is 68.1 Å². The Labute approximate surface area is 385 Å². The lowest BCUT2D eigenvalue weighted by Gasteiger charge is -2.06.